The molecule has 2 aliphatic heterocycles. The van der Waals surface area contributed by atoms with Crippen LogP contribution in [-0.2, 0) is 4.79 Å². The molecule has 1 aromatic rings. The summed E-state index contributed by atoms with van der Waals surface area (Å²) in [6.07, 6.45) is 2.38. The van der Waals surface area contributed by atoms with Crippen molar-refractivity contribution in [2.45, 2.75) is 44.4 Å². The summed E-state index contributed by atoms with van der Waals surface area (Å²) in [6, 6.07) is 5.52. The van der Waals surface area contributed by atoms with Crippen LogP contribution in [0.3, 0.4) is 0 Å². The molecule has 2 atom stereocenters. The number of anilines is 1. The lowest BCUT2D eigenvalue weighted by atomic mass is 9.85. The van der Waals surface area contributed by atoms with Gasteiger partial charge in [0.1, 0.15) is 17.5 Å². The van der Waals surface area contributed by atoms with Crippen molar-refractivity contribution >= 4 is 12.1 Å². The second-order valence-electron chi connectivity index (χ2n) is 6.35. The third-order valence-electron chi connectivity index (χ3n) is 4.47. The van der Waals surface area contributed by atoms with Crippen LogP contribution < -0.4 is 10.1 Å². The maximum Gasteiger partial charge on any atom is 0.211 e. The third kappa shape index (κ3) is 2.51. The first-order valence-corrected chi connectivity index (χ1v) is 7.48. The molecule has 21 heavy (non-hydrogen) atoms. The molecule has 0 bridgehead atoms. The summed E-state index contributed by atoms with van der Waals surface area (Å²) >= 11 is 0. The normalized spacial score (nSPS) is 27.8. The van der Waals surface area contributed by atoms with Crippen molar-refractivity contribution in [1.29, 1.82) is 0 Å². The Morgan fingerprint density at radius 1 is 1.38 bits per heavy atom. The van der Waals surface area contributed by atoms with E-state index in [1.165, 1.54) is 0 Å². The van der Waals surface area contributed by atoms with Gasteiger partial charge >= 0.3 is 0 Å². The van der Waals surface area contributed by atoms with Crippen LogP contribution in [0, 0.1) is 0 Å². The number of hydrogen-bond acceptors (Lipinski definition) is 4. The SMILES string of the molecule is CC1(C)Oc2ccc(NC=O)cc2C(N2CCCC2)C1O. The number of nitrogens with zero attached hydrogens (tertiary/aromatic N) is 1. The van der Waals surface area contributed by atoms with Crippen LogP contribution in [0.25, 0.3) is 0 Å². The lowest BCUT2D eigenvalue weighted by molar-refractivity contribution is -0.105. The predicted octanol–water partition coefficient (Wildman–Crippen LogP) is 1.92. The molecule has 2 heterocycles. The van der Waals surface area contributed by atoms with E-state index in [-0.39, 0.29) is 6.04 Å². The Labute approximate surface area is 124 Å². The number of benzene rings is 1. The van der Waals surface area contributed by atoms with Crippen LogP contribution in [0.2, 0.25) is 0 Å². The van der Waals surface area contributed by atoms with Crippen molar-refractivity contribution in [3.63, 3.8) is 0 Å². The summed E-state index contributed by atoms with van der Waals surface area (Å²) in [6.45, 7) is 5.81. The van der Waals surface area contributed by atoms with Gasteiger partial charge in [-0.25, -0.2) is 0 Å². The summed E-state index contributed by atoms with van der Waals surface area (Å²) in [4.78, 5) is 13.0. The molecule has 114 valence electrons. The maximum absolute atomic E-state index is 10.8. The molecule has 1 saturated heterocycles. The molecular formula is C16H22N2O3. The fraction of sp³-hybridized carbons (Fsp3) is 0.562. The van der Waals surface area contributed by atoms with Gasteiger partial charge in [-0.15, -0.1) is 0 Å². The van der Waals surface area contributed by atoms with Crippen LogP contribution in [0.4, 0.5) is 5.69 Å². The van der Waals surface area contributed by atoms with Crippen LogP contribution in [0.15, 0.2) is 18.2 Å². The quantitative estimate of drug-likeness (QED) is 0.835. The predicted molar refractivity (Wildman–Crippen MR) is 80.4 cm³/mol. The molecule has 2 unspecified atom stereocenters. The number of rotatable bonds is 3. The van der Waals surface area contributed by atoms with Crippen molar-refractivity contribution in [3.05, 3.63) is 23.8 Å². The molecule has 2 aliphatic rings. The number of hydrogen-bond donors (Lipinski definition) is 2. The number of nitrogens with one attached hydrogen (secondary N) is 1. The number of aliphatic hydroxyl groups is 1. The van der Waals surface area contributed by atoms with Gasteiger partial charge in [-0.3, -0.25) is 9.69 Å². The summed E-state index contributed by atoms with van der Waals surface area (Å²) in [7, 11) is 0. The van der Waals surface area contributed by atoms with Gasteiger partial charge in [-0.2, -0.15) is 0 Å². The van der Waals surface area contributed by atoms with E-state index < -0.39 is 11.7 Å². The maximum atomic E-state index is 10.8. The number of carbonyl (C=O) groups excluding carboxylic acids is 1. The second kappa shape index (κ2) is 5.31. The van der Waals surface area contributed by atoms with Crippen molar-refractivity contribution < 1.29 is 14.6 Å². The first-order chi connectivity index (χ1) is 10.0. The minimum Gasteiger partial charge on any atom is -0.485 e. The van der Waals surface area contributed by atoms with E-state index >= 15 is 0 Å². The lowest BCUT2D eigenvalue weighted by Gasteiger charge is -2.45. The van der Waals surface area contributed by atoms with Crippen LogP contribution >= 0.6 is 0 Å². The van der Waals surface area contributed by atoms with E-state index in [1.54, 1.807) is 0 Å². The zero-order valence-electron chi connectivity index (χ0n) is 12.5. The Morgan fingerprint density at radius 2 is 2.10 bits per heavy atom. The molecule has 3 rings (SSSR count). The van der Waals surface area contributed by atoms with Gasteiger partial charge in [0.2, 0.25) is 6.41 Å². The van der Waals surface area contributed by atoms with Crippen molar-refractivity contribution in [3.8, 4) is 5.75 Å². The molecular weight excluding hydrogens is 268 g/mol. The molecule has 0 aliphatic carbocycles. The number of aliphatic hydroxyl groups excluding tert-OH is 1. The van der Waals surface area contributed by atoms with Gasteiger partial charge in [0.05, 0.1) is 6.04 Å². The highest BCUT2D eigenvalue weighted by Gasteiger charge is 2.45. The highest BCUT2D eigenvalue weighted by atomic mass is 16.5. The lowest BCUT2D eigenvalue weighted by Crippen LogP contribution is -2.53. The Kier molecular flexibility index (Phi) is 3.63. The fourth-order valence-corrected chi connectivity index (χ4v) is 3.34. The molecule has 0 aromatic heterocycles. The van der Waals surface area contributed by atoms with Gasteiger partial charge in [0, 0.05) is 11.3 Å². The Bertz CT molecular complexity index is 538. The largest absolute Gasteiger partial charge is 0.485 e. The van der Waals surface area contributed by atoms with Crippen molar-refractivity contribution in [1.82, 2.24) is 4.90 Å². The van der Waals surface area contributed by atoms with E-state index in [0.29, 0.717) is 6.41 Å². The summed E-state index contributed by atoms with van der Waals surface area (Å²) < 4.78 is 5.96. The standard InChI is InChI=1S/C16H22N2O3/c1-16(2)15(20)14(18-7-3-4-8-18)12-9-11(17-10-19)5-6-13(12)21-16/h5-6,9-10,14-15,20H,3-4,7-8H2,1-2H3,(H,17,19). The Balaban J connectivity index is 2.04. The highest BCUT2D eigenvalue weighted by molar-refractivity contribution is 5.72. The average Bonchev–Trinajstić information content (AvgIpc) is 2.95. The van der Waals surface area contributed by atoms with Gasteiger partial charge in [0.15, 0.2) is 0 Å². The third-order valence-corrected chi connectivity index (χ3v) is 4.47. The molecule has 2 N–H and O–H groups in total. The molecule has 1 amide bonds. The second-order valence-corrected chi connectivity index (χ2v) is 6.35. The van der Waals surface area contributed by atoms with E-state index in [9.17, 15) is 9.90 Å². The van der Waals surface area contributed by atoms with E-state index in [1.807, 2.05) is 32.0 Å². The van der Waals surface area contributed by atoms with Gasteiger partial charge in [-0.05, 0) is 58.0 Å². The Hall–Kier alpha value is -1.59. The zero-order chi connectivity index (χ0) is 15.0. The topological polar surface area (TPSA) is 61.8 Å². The molecule has 0 saturated carbocycles. The summed E-state index contributed by atoms with van der Waals surface area (Å²) in [5, 5.41) is 13.4. The zero-order valence-corrected chi connectivity index (χ0v) is 12.5. The molecule has 0 spiro atoms. The van der Waals surface area contributed by atoms with E-state index in [2.05, 4.69) is 10.2 Å². The fourth-order valence-electron chi connectivity index (χ4n) is 3.34. The minimum absolute atomic E-state index is 0.0837. The van der Waals surface area contributed by atoms with Crippen LogP contribution in [0.1, 0.15) is 38.3 Å². The average molecular weight is 290 g/mol. The van der Waals surface area contributed by atoms with Gasteiger partial charge in [-0.1, -0.05) is 0 Å². The van der Waals surface area contributed by atoms with Crippen molar-refractivity contribution in [2.24, 2.45) is 0 Å². The van der Waals surface area contributed by atoms with Crippen molar-refractivity contribution in [2.75, 3.05) is 18.4 Å². The summed E-state index contributed by atoms with van der Waals surface area (Å²) in [5.41, 5.74) is 1.05. The number of fused-ring (bicyclic) bond motifs is 1. The number of carbonyl (C=O) groups is 1. The van der Waals surface area contributed by atoms with Gasteiger partial charge < -0.3 is 15.2 Å². The molecule has 5 nitrogen and oxygen atoms in total. The first-order valence-electron chi connectivity index (χ1n) is 7.48. The first kappa shape index (κ1) is 14.4. The molecule has 1 fully saturated rings. The van der Waals surface area contributed by atoms with Crippen LogP contribution in [-0.4, -0.2) is 41.2 Å². The smallest absolute Gasteiger partial charge is 0.211 e. The highest BCUT2D eigenvalue weighted by Crippen LogP contribution is 2.44. The molecule has 5 heteroatoms. The Morgan fingerprint density at radius 3 is 2.76 bits per heavy atom. The van der Waals surface area contributed by atoms with Crippen LogP contribution in [0.5, 0.6) is 5.75 Å². The van der Waals surface area contributed by atoms with E-state index in [0.717, 1.165) is 42.9 Å². The number of ether oxygens (including phenoxy) is 1. The monoisotopic (exact) mass is 290 g/mol. The van der Waals surface area contributed by atoms with E-state index in [4.69, 9.17) is 4.74 Å². The van der Waals surface area contributed by atoms with Gasteiger partial charge in [0.25, 0.3) is 0 Å². The number of likely N-dealkylation sites (tertiary alicyclic amines) is 1. The summed E-state index contributed by atoms with van der Waals surface area (Å²) in [5.74, 6) is 0.790. The number of amides is 1. The molecule has 0 radical (unpaired) electrons. The molecule has 1 aromatic carbocycles. The minimum atomic E-state index is -0.625.